The van der Waals surface area contributed by atoms with Gasteiger partial charge >= 0.3 is 5.97 Å². The van der Waals surface area contributed by atoms with E-state index in [-0.39, 0.29) is 33.8 Å². The van der Waals surface area contributed by atoms with Crippen molar-refractivity contribution in [3.05, 3.63) is 82.5 Å². The van der Waals surface area contributed by atoms with Gasteiger partial charge in [0.2, 0.25) is 17.5 Å². The van der Waals surface area contributed by atoms with E-state index in [2.05, 4.69) is 0 Å². The molecule has 7 N–H and O–H groups in total. The highest BCUT2D eigenvalue weighted by molar-refractivity contribution is 5.88. The summed E-state index contributed by atoms with van der Waals surface area (Å²) in [4.78, 5) is 25.8. The molecule has 5 atom stereocenters. The maximum Gasteiger partial charge on any atom is 0.330 e. The Morgan fingerprint density at radius 1 is 0.837 bits per heavy atom. The number of aliphatic hydroxyl groups excluding tert-OH is 3. The molecule has 5 rings (SSSR count). The van der Waals surface area contributed by atoms with Gasteiger partial charge in [0.05, 0.1) is 0 Å². The molecule has 1 saturated heterocycles. The molecule has 2 heterocycles. The van der Waals surface area contributed by atoms with Gasteiger partial charge in [0, 0.05) is 23.8 Å². The summed E-state index contributed by atoms with van der Waals surface area (Å²) in [7, 11) is 0. The zero-order chi connectivity index (χ0) is 30.8. The highest BCUT2D eigenvalue weighted by atomic mass is 16.7. The quantitative estimate of drug-likeness (QED) is 0.120. The molecule has 1 fully saturated rings. The Kier molecular flexibility index (Phi) is 8.23. The average molecular weight is 595 g/mol. The number of aromatic hydroxyl groups is 4. The molecule has 1 aromatic heterocycles. The van der Waals surface area contributed by atoms with Crippen molar-refractivity contribution in [2.45, 2.75) is 30.7 Å². The van der Waals surface area contributed by atoms with Gasteiger partial charge in [-0.2, -0.15) is 0 Å². The minimum absolute atomic E-state index is 0.0495. The van der Waals surface area contributed by atoms with Crippen molar-refractivity contribution >= 4 is 23.0 Å². The van der Waals surface area contributed by atoms with Crippen LogP contribution in [0.4, 0.5) is 0 Å². The van der Waals surface area contributed by atoms with Crippen LogP contribution in [-0.4, -0.2) is 79.0 Å². The number of rotatable bonds is 7. The number of hydrogen-bond donors (Lipinski definition) is 7. The SMILES string of the molecule is O=C(/C=C/c1ccc(O)cc1)OC[C@H]1OC(Oc2c(-c3ccc(O)cc3)oc3cc(O)cc(O)c3c2=O)C(O)C(O)C1O. The Bertz CT molecular complexity index is 1710. The van der Waals surface area contributed by atoms with E-state index in [1.54, 1.807) is 12.1 Å². The standard InChI is InChI=1S/C30H26O13/c31-16-6-1-14(2-7-16)3-10-22(35)40-13-21-24(36)26(38)27(39)30(42-21)43-29-25(37)23-19(34)11-18(33)12-20(23)41-28(29)15-4-8-17(32)9-5-15/h1-12,21,24,26-27,30-34,36,38-39H,13H2/b10-3+/t21-,24?,26?,27?,30?/m1/s1. The number of phenolic OH excluding ortho intramolecular Hbond substituents is 4. The Labute approximate surface area is 242 Å². The van der Waals surface area contributed by atoms with Gasteiger partial charge in [-0.05, 0) is 48.0 Å². The fourth-order valence-electron chi connectivity index (χ4n) is 4.41. The molecular weight excluding hydrogens is 568 g/mol. The maximum absolute atomic E-state index is 13.5. The number of aliphatic hydroxyl groups is 3. The second kappa shape index (κ2) is 12.0. The molecule has 13 heteroatoms. The highest BCUT2D eigenvalue weighted by Gasteiger charge is 2.46. The van der Waals surface area contributed by atoms with Gasteiger partial charge < -0.3 is 54.4 Å². The lowest BCUT2D eigenvalue weighted by molar-refractivity contribution is -0.278. The van der Waals surface area contributed by atoms with Crippen molar-refractivity contribution in [3.8, 4) is 40.1 Å². The predicted octanol–water partition coefficient (Wildman–Crippen LogP) is 1.73. The lowest BCUT2D eigenvalue weighted by atomic mass is 9.99. The molecule has 224 valence electrons. The number of hydrogen-bond acceptors (Lipinski definition) is 13. The molecule has 1 aliphatic heterocycles. The summed E-state index contributed by atoms with van der Waals surface area (Å²) in [6.45, 7) is -0.583. The van der Waals surface area contributed by atoms with Crippen molar-refractivity contribution in [1.29, 1.82) is 0 Å². The van der Waals surface area contributed by atoms with Crippen LogP contribution in [0.1, 0.15) is 5.56 Å². The molecule has 13 nitrogen and oxygen atoms in total. The second-order valence-electron chi connectivity index (χ2n) is 9.66. The van der Waals surface area contributed by atoms with Crippen LogP contribution in [0.25, 0.3) is 28.4 Å². The van der Waals surface area contributed by atoms with Crippen LogP contribution in [-0.2, 0) is 14.3 Å². The van der Waals surface area contributed by atoms with E-state index in [9.17, 15) is 45.3 Å². The summed E-state index contributed by atoms with van der Waals surface area (Å²) < 4.78 is 22.2. The van der Waals surface area contributed by atoms with E-state index in [1.165, 1.54) is 42.5 Å². The highest BCUT2D eigenvalue weighted by Crippen LogP contribution is 2.37. The van der Waals surface area contributed by atoms with Crippen LogP contribution in [0.5, 0.6) is 28.7 Å². The van der Waals surface area contributed by atoms with Crippen molar-refractivity contribution in [2.24, 2.45) is 0 Å². The van der Waals surface area contributed by atoms with Crippen LogP contribution < -0.4 is 10.2 Å². The van der Waals surface area contributed by atoms with Gasteiger partial charge in [0.15, 0.2) is 5.76 Å². The fraction of sp³-hybridized carbons (Fsp3) is 0.200. The van der Waals surface area contributed by atoms with Gasteiger partial charge in [-0.25, -0.2) is 4.79 Å². The first-order chi connectivity index (χ1) is 20.5. The lowest BCUT2D eigenvalue weighted by Gasteiger charge is -2.39. The van der Waals surface area contributed by atoms with Crippen LogP contribution in [0, 0.1) is 0 Å². The number of carbonyl (C=O) groups excluding carboxylic acids is 1. The van der Waals surface area contributed by atoms with Crippen molar-refractivity contribution in [2.75, 3.05) is 6.61 Å². The summed E-state index contributed by atoms with van der Waals surface area (Å²) in [5.74, 6) is -2.70. The first-order valence-corrected chi connectivity index (χ1v) is 12.8. The Morgan fingerprint density at radius 2 is 1.49 bits per heavy atom. The molecular formula is C30H26O13. The Balaban J connectivity index is 1.42. The number of phenols is 4. The van der Waals surface area contributed by atoms with Crippen molar-refractivity contribution < 1.29 is 59.2 Å². The lowest BCUT2D eigenvalue weighted by Crippen LogP contribution is -2.60. The van der Waals surface area contributed by atoms with Crippen LogP contribution >= 0.6 is 0 Å². The Morgan fingerprint density at radius 3 is 2.16 bits per heavy atom. The molecule has 4 aromatic rings. The minimum atomic E-state index is -1.90. The van der Waals surface area contributed by atoms with Crippen molar-refractivity contribution in [3.63, 3.8) is 0 Å². The van der Waals surface area contributed by atoms with Gasteiger partial charge in [0.1, 0.15) is 65.0 Å². The third-order valence-corrected chi connectivity index (χ3v) is 6.64. The molecule has 0 spiro atoms. The fourth-order valence-corrected chi connectivity index (χ4v) is 4.41. The summed E-state index contributed by atoms with van der Waals surface area (Å²) in [5.41, 5.74) is -0.328. The minimum Gasteiger partial charge on any atom is -0.508 e. The first-order valence-electron chi connectivity index (χ1n) is 12.8. The number of esters is 1. The summed E-state index contributed by atoms with van der Waals surface area (Å²) in [5, 5.41) is 70.6. The van der Waals surface area contributed by atoms with Gasteiger partial charge in [0.25, 0.3) is 0 Å². The molecule has 0 amide bonds. The molecule has 43 heavy (non-hydrogen) atoms. The molecule has 0 radical (unpaired) electrons. The third kappa shape index (κ3) is 6.24. The normalized spacial score (nSPS) is 22.1. The number of ether oxygens (including phenoxy) is 3. The Hall–Kier alpha value is -5.08. The number of carbonyl (C=O) groups is 1. The van der Waals surface area contributed by atoms with Gasteiger partial charge in [-0.1, -0.05) is 12.1 Å². The van der Waals surface area contributed by atoms with Crippen LogP contribution in [0.3, 0.4) is 0 Å². The zero-order valence-electron chi connectivity index (χ0n) is 22.1. The molecule has 1 aliphatic rings. The monoisotopic (exact) mass is 594 g/mol. The van der Waals surface area contributed by atoms with Crippen LogP contribution in [0.2, 0.25) is 0 Å². The third-order valence-electron chi connectivity index (χ3n) is 6.64. The second-order valence-corrected chi connectivity index (χ2v) is 9.66. The maximum atomic E-state index is 13.5. The largest absolute Gasteiger partial charge is 0.508 e. The number of fused-ring (bicyclic) bond motifs is 1. The van der Waals surface area contributed by atoms with E-state index in [0.29, 0.717) is 5.56 Å². The van der Waals surface area contributed by atoms with Crippen molar-refractivity contribution in [1.82, 2.24) is 0 Å². The van der Waals surface area contributed by atoms with Gasteiger partial charge in [-0.15, -0.1) is 0 Å². The van der Waals surface area contributed by atoms with E-state index < -0.39 is 66.0 Å². The van der Waals surface area contributed by atoms with E-state index in [1.807, 2.05) is 0 Å². The molecule has 0 aliphatic carbocycles. The van der Waals surface area contributed by atoms with Gasteiger partial charge in [-0.3, -0.25) is 4.79 Å². The topological polar surface area (TPSA) is 217 Å². The average Bonchev–Trinajstić information content (AvgIpc) is 2.97. The molecule has 0 bridgehead atoms. The predicted molar refractivity (Wildman–Crippen MR) is 148 cm³/mol. The molecule has 4 unspecified atom stereocenters. The molecule has 3 aromatic carbocycles. The van der Waals surface area contributed by atoms with E-state index in [4.69, 9.17) is 18.6 Å². The zero-order valence-corrected chi connectivity index (χ0v) is 22.1. The van der Waals surface area contributed by atoms with Crippen LogP contribution in [0.15, 0.2) is 76.0 Å². The smallest absolute Gasteiger partial charge is 0.330 e. The summed E-state index contributed by atoms with van der Waals surface area (Å²) >= 11 is 0. The van der Waals surface area contributed by atoms with E-state index >= 15 is 0 Å². The summed E-state index contributed by atoms with van der Waals surface area (Å²) in [6, 6.07) is 13.4. The summed E-state index contributed by atoms with van der Waals surface area (Å²) in [6.07, 6.45) is -6.17. The molecule has 0 saturated carbocycles. The first kappa shape index (κ1) is 29.4. The number of benzene rings is 3. The van der Waals surface area contributed by atoms with E-state index in [0.717, 1.165) is 18.2 Å².